The molecule has 18 rings (SSSR count). The molecule has 494 valence electrons. The zero-order chi connectivity index (χ0) is 67.8. The van der Waals surface area contributed by atoms with Crippen LogP contribution in [0, 0.1) is 16.7 Å². The number of thioether (sulfide) groups is 2. The van der Waals surface area contributed by atoms with E-state index in [2.05, 4.69) is 358 Å². The molecule has 4 atom stereocenters. The summed E-state index contributed by atoms with van der Waals surface area (Å²) in [5.41, 5.74) is 20.9. The van der Waals surface area contributed by atoms with Gasteiger partial charge >= 0.3 is 0 Å². The second kappa shape index (κ2) is 25.6. The highest BCUT2D eigenvalue weighted by molar-refractivity contribution is 7.99. The van der Waals surface area contributed by atoms with E-state index in [1.54, 1.807) is 0 Å². The molecular weight excluding hydrogens is 1270 g/mol. The fourth-order valence-electron chi connectivity index (χ4n) is 17.4. The maximum absolute atomic E-state index is 5.76. The van der Waals surface area contributed by atoms with Crippen LogP contribution in [0.3, 0.4) is 0 Å². The summed E-state index contributed by atoms with van der Waals surface area (Å²) in [7, 11) is 0. The van der Waals surface area contributed by atoms with E-state index in [-0.39, 0.29) is 22.2 Å². The molecule has 0 saturated carbocycles. The van der Waals surface area contributed by atoms with Gasteiger partial charge in [-0.2, -0.15) is 0 Å². The Bertz CT molecular complexity index is 5300. The van der Waals surface area contributed by atoms with Crippen molar-refractivity contribution in [3.63, 3.8) is 0 Å². The zero-order valence-corrected chi connectivity index (χ0v) is 59.1. The molecule has 6 heteroatoms. The van der Waals surface area contributed by atoms with Crippen molar-refractivity contribution in [1.82, 2.24) is 0 Å². The maximum Gasteiger partial charge on any atom is 0.0714 e. The number of nitrogens with zero attached hydrogens (tertiary/aromatic N) is 2. The molecule has 5 aliphatic rings. The van der Waals surface area contributed by atoms with E-state index in [9.17, 15) is 0 Å². The van der Waals surface area contributed by atoms with Crippen LogP contribution in [0.5, 0.6) is 0 Å². The number of allylic oxidation sites excluding steroid dienone is 3. The van der Waals surface area contributed by atoms with Crippen molar-refractivity contribution in [3.8, 4) is 22.3 Å². The monoisotopic (exact) mass is 1340 g/mol. The van der Waals surface area contributed by atoms with Crippen molar-refractivity contribution in [3.05, 3.63) is 378 Å². The van der Waals surface area contributed by atoms with Crippen LogP contribution in [-0.2, 0) is 25.7 Å². The number of rotatable bonds is 19. The average Bonchev–Trinajstić information content (AvgIpc) is 1.52. The number of fused-ring (bicyclic) bond motifs is 8. The third-order valence-corrected chi connectivity index (χ3v) is 26.1. The average molecular weight is 1350 g/mol. The molecule has 2 saturated heterocycles. The SMILES string of the molecule is CCC1(CSc2ccc(C3(c4ccc5ccccc5c4)c4ccccc4-c4ccc(N(c5ccccc5)c5ccc(-c6ccc(N(C7=CC8C(C)(C=C7)c7ccccc7C8(c7ccc(SCC8(CC)COC8)cc7)c7ccc8ccccc8c7)c7ccccc7)cc6)cc5)cc43)cc2)COC1. The Labute approximate surface area is 603 Å². The predicted molar refractivity (Wildman–Crippen MR) is 423 cm³/mol. The summed E-state index contributed by atoms with van der Waals surface area (Å²) >= 11 is 3.93. The zero-order valence-electron chi connectivity index (χ0n) is 57.4. The van der Waals surface area contributed by atoms with Crippen molar-refractivity contribution in [1.29, 1.82) is 0 Å². The quantitative estimate of drug-likeness (QED) is 0.0749. The summed E-state index contributed by atoms with van der Waals surface area (Å²) < 4.78 is 11.5. The van der Waals surface area contributed by atoms with Gasteiger partial charge < -0.3 is 19.3 Å². The lowest BCUT2D eigenvalue weighted by molar-refractivity contribution is -0.0994. The topological polar surface area (TPSA) is 24.9 Å². The van der Waals surface area contributed by atoms with Gasteiger partial charge in [-0.25, -0.2) is 0 Å². The van der Waals surface area contributed by atoms with E-state index in [1.807, 2.05) is 23.5 Å². The summed E-state index contributed by atoms with van der Waals surface area (Å²) in [5, 5.41) is 4.96. The van der Waals surface area contributed by atoms with E-state index in [4.69, 9.17) is 9.47 Å². The third kappa shape index (κ3) is 10.6. The lowest BCUT2D eigenvalue weighted by atomic mass is 9.59. The van der Waals surface area contributed by atoms with E-state index < -0.39 is 10.8 Å². The second-order valence-corrected chi connectivity index (χ2v) is 31.0. The van der Waals surface area contributed by atoms with Gasteiger partial charge in [0.1, 0.15) is 0 Å². The Kier molecular flexibility index (Phi) is 16.0. The van der Waals surface area contributed by atoms with Crippen LogP contribution in [0.25, 0.3) is 43.8 Å². The smallest absolute Gasteiger partial charge is 0.0714 e. The number of para-hydroxylation sites is 2. The fraction of sp³-hybridized carbons (Fsp3) is 0.179. The molecule has 4 unspecified atom stereocenters. The lowest BCUT2D eigenvalue weighted by Gasteiger charge is -2.44. The van der Waals surface area contributed by atoms with Crippen LogP contribution in [0.2, 0.25) is 0 Å². The van der Waals surface area contributed by atoms with Gasteiger partial charge in [-0.1, -0.05) is 245 Å². The summed E-state index contributed by atoms with van der Waals surface area (Å²) in [6, 6.07) is 117. The van der Waals surface area contributed by atoms with Gasteiger partial charge in [0, 0.05) is 77.6 Å². The molecule has 4 nitrogen and oxygen atoms in total. The van der Waals surface area contributed by atoms with Gasteiger partial charge in [-0.3, -0.25) is 0 Å². The van der Waals surface area contributed by atoms with E-state index in [0.717, 1.165) is 96.0 Å². The van der Waals surface area contributed by atoms with Gasteiger partial charge in [0.2, 0.25) is 0 Å². The Morgan fingerprint density at radius 2 is 0.812 bits per heavy atom. The molecule has 0 spiro atoms. The molecule has 0 aromatic heterocycles. The van der Waals surface area contributed by atoms with E-state index in [1.165, 1.54) is 87.0 Å². The minimum atomic E-state index is -0.610. The lowest BCUT2D eigenvalue weighted by Crippen LogP contribution is -2.44. The second-order valence-electron chi connectivity index (χ2n) is 28.9. The van der Waals surface area contributed by atoms with E-state index >= 15 is 0 Å². The summed E-state index contributed by atoms with van der Waals surface area (Å²) in [6.45, 7) is 10.5. The highest BCUT2D eigenvalue weighted by atomic mass is 32.2. The normalized spacial score (nSPS) is 20.2. The molecule has 0 radical (unpaired) electrons. The number of hydrogen-bond donors (Lipinski definition) is 0. The summed E-state index contributed by atoms with van der Waals surface area (Å²) in [5.74, 6) is 2.13. The minimum absolute atomic E-state index is 0.00949. The van der Waals surface area contributed by atoms with Crippen LogP contribution in [0.15, 0.2) is 343 Å². The largest absolute Gasteiger partial charge is 0.380 e. The molecule has 2 heterocycles. The molecule has 2 aliphatic heterocycles. The molecule has 2 fully saturated rings. The van der Waals surface area contributed by atoms with Crippen LogP contribution in [-0.4, -0.2) is 37.9 Å². The minimum Gasteiger partial charge on any atom is -0.380 e. The Morgan fingerprint density at radius 1 is 0.366 bits per heavy atom. The molecular formula is C95H80N2O2S2. The first kappa shape index (κ1) is 63.3. The third-order valence-electron chi connectivity index (χ3n) is 23.3. The Morgan fingerprint density at radius 3 is 1.38 bits per heavy atom. The fourth-order valence-corrected chi connectivity index (χ4v) is 19.7. The number of hydrogen-bond acceptors (Lipinski definition) is 6. The molecule has 13 aromatic rings. The van der Waals surface area contributed by atoms with Crippen molar-refractivity contribution >= 4 is 73.5 Å². The molecule has 13 aromatic carbocycles. The van der Waals surface area contributed by atoms with Gasteiger partial charge in [0.25, 0.3) is 0 Å². The van der Waals surface area contributed by atoms with Gasteiger partial charge in [0.05, 0.1) is 37.3 Å². The molecule has 0 bridgehead atoms. The van der Waals surface area contributed by atoms with Crippen LogP contribution < -0.4 is 9.80 Å². The number of anilines is 5. The van der Waals surface area contributed by atoms with Crippen molar-refractivity contribution in [2.75, 3.05) is 47.7 Å². The van der Waals surface area contributed by atoms with Crippen LogP contribution in [0.1, 0.15) is 78.1 Å². The van der Waals surface area contributed by atoms with E-state index in [0.29, 0.717) is 0 Å². The molecule has 0 amide bonds. The van der Waals surface area contributed by atoms with Crippen LogP contribution in [0.4, 0.5) is 28.4 Å². The summed E-state index contributed by atoms with van der Waals surface area (Å²) in [6.07, 6.45) is 9.79. The molecule has 3 aliphatic carbocycles. The molecule has 101 heavy (non-hydrogen) atoms. The highest BCUT2D eigenvalue weighted by Crippen LogP contribution is 2.64. The van der Waals surface area contributed by atoms with Crippen molar-refractivity contribution in [2.45, 2.75) is 59.6 Å². The molecule has 0 N–H and O–H groups in total. The van der Waals surface area contributed by atoms with Crippen molar-refractivity contribution in [2.24, 2.45) is 16.7 Å². The number of ether oxygens (including phenoxy) is 2. The number of benzene rings is 13. The standard InChI is InChI=1S/C95H80N2O2S2/c1-4-92(60-98-61-92)64-100-82-49-40-72(41-50-82)94(74-38-32-66-20-12-14-22-70(66)56-74)86-29-17-16-28-84(86)85-53-48-80(58-89(85)94)96(76-24-8-6-9-25-76)78-44-34-68(35-45-78)69-36-46-79(47-37-69)97(77-26-10-7-11-27-77)81-54-55-91(3)87-30-18-19-31-88(87)95(90(91)59-81,75-39-33-67-21-13-15-23-71(67)57-75)73-42-51-83(52-43-73)101-65-93(5-2)62-99-63-93/h6-59,90H,4-5,60-65H2,1-3H3. The highest BCUT2D eigenvalue weighted by Gasteiger charge is 2.59. The maximum atomic E-state index is 5.76. The predicted octanol–water partition coefficient (Wildman–Crippen LogP) is 24.0. The van der Waals surface area contributed by atoms with Gasteiger partial charge in [-0.15, -0.1) is 23.5 Å². The van der Waals surface area contributed by atoms with Crippen LogP contribution >= 0.6 is 23.5 Å². The first-order chi connectivity index (χ1) is 49.7. The first-order valence-electron chi connectivity index (χ1n) is 36.0. The van der Waals surface area contributed by atoms with Gasteiger partial charge in [0.15, 0.2) is 0 Å². The van der Waals surface area contributed by atoms with Gasteiger partial charge in [-0.05, 0) is 204 Å². The Balaban J connectivity index is 0.707. The van der Waals surface area contributed by atoms with Crippen molar-refractivity contribution < 1.29 is 9.47 Å². The summed E-state index contributed by atoms with van der Waals surface area (Å²) in [4.78, 5) is 7.49. The first-order valence-corrected chi connectivity index (χ1v) is 37.9. The Hall–Kier alpha value is -9.92.